The molecule has 2 N–H and O–H groups in total. The molecular weight excluding hydrogens is 254 g/mol. The van der Waals surface area contributed by atoms with Crippen LogP contribution in [0.2, 0.25) is 0 Å². The second-order valence-corrected chi connectivity index (χ2v) is 5.12. The molecule has 2 heterocycles. The maximum atomic E-state index is 11.0. The van der Waals surface area contributed by atoms with E-state index in [0.29, 0.717) is 6.54 Å². The van der Waals surface area contributed by atoms with Crippen LogP contribution in [0.5, 0.6) is 0 Å². The molecule has 7 nitrogen and oxygen atoms in total. The fourth-order valence-corrected chi connectivity index (χ4v) is 2.41. The van der Waals surface area contributed by atoms with Crippen LogP contribution in [0.25, 0.3) is 0 Å². The summed E-state index contributed by atoms with van der Waals surface area (Å²) in [6.45, 7) is 3.94. The third-order valence-electron chi connectivity index (χ3n) is 3.23. The molecule has 2 rings (SSSR count). The number of carbonyl (C=O) groups is 1. The number of ether oxygens (including phenoxy) is 4. The van der Waals surface area contributed by atoms with Crippen LogP contribution in [0, 0.1) is 0 Å². The van der Waals surface area contributed by atoms with Gasteiger partial charge in [-0.25, -0.2) is 0 Å². The third kappa shape index (κ3) is 3.24. The lowest BCUT2D eigenvalue weighted by molar-refractivity contribution is -0.193. The van der Waals surface area contributed by atoms with Crippen LogP contribution in [0.15, 0.2) is 0 Å². The number of fused-ring (bicyclic) bond motifs is 1. The molecule has 0 saturated carbocycles. The van der Waals surface area contributed by atoms with Crippen molar-refractivity contribution in [1.82, 2.24) is 5.32 Å². The van der Waals surface area contributed by atoms with E-state index in [-0.39, 0.29) is 31.2 Å². The number of aliphatic hydroxyl groups is 1. The van der Waals surface area contributed by atoms with Gasteiger partial charge in [-0.1, -0.05) is 0 Å². The molecule has 110 valence electrons. The molecule has 2 aliphatic heterocycles. The molecule has 2 fully saturated rings. The monoisotopic (exact) mass is 275 g/mol. The summed E-state index contributed by atoms with van der Waals surface area (Å²) in [4.78, 5) is 11.0. The second kappa shape index (κ2) is 5.72. The van der Waals surface area contributed by atoms with Gasteiger partial charge in [-0.05, 0) is 13.8 Å². The number of rotatable bonds is 5. The molecule has 7 heteroatoms. The van der Waals surface area contributed by atoms with Gasteiger partial charge in [0.15, 0.2) is 5.79 Å². The number of hydrogen-bond donors (Lipinski definition) is 2. The van der Waals surface area contributed by atoms with Crippen LogP contribution >= 0.6 is 0 Å². The summed E-state index contributed by atoms with van der Waals surface area (Å²) in [7, 11) is 1.35. The fourth-order valence-electron chi connectivity index (χ4n) is 2.41. The Morgan fingerprint density at radius 3 is 2.68 bits per heavy atom. The molecule has 2 aliphatic rings. The maximum Gasteiger partial charge on any atom is 0.306 e. The van der Waals surface area contributed by atoms with E-state index in [9.17, 15) is 9.90 Å². The van der Waals surface area contributed by atoms with Gasteiger partial charge in [0.1, 0.15) is 24.5 Å². The minimum atomic E-state index is -0.686. The van der Waals surface area contributed by atoms with Gasteiger partial charge in [0, 0.05) is 6.54 Å². The van der Waals surface area contributed by atoms with E-state index in [1.165, 1.54) is 7.11 Å². The molecule has 0 aromatic heterocycles. The minimum Gasteiger partial charge on any atom is -0.469 e. The first-order valence-corrected chi connectivity index (χ1v) is 6.39. The largest absolute Gasteiger partial charge is 0.469 e. The molecule has 0 spiro atoms. The van der Waals surface area contributed by atoms with Crippen LogP contribution in [-0.2, 0) is 23.7 Å². The normalized spacial score (nSPS) is 36.2. The first kappa shape index (κ1) is 14.7. The zero-order chi connectivity index (χ0) is 14.0. The molecule has 0 radical (unpaired) electrons. The summed E-state index contributed by atoms with van der Waals surface area (Å²) < 4.78 is 21.7. The lowest BCUT2D eigenvalue weighted by Crippen LogP contribution is -2.41. The lowest BCUT2D eigenvalue weighted by atomic mass is 10.1. The quantitative estimate of drug-likeness (QED) is 0.646. The van der Waals surface area contributed by atoms with Crippen molar-refractivity contribution in [2.24, 2.45) is 0 Å². The SMILES string of the molecule is COC(=O)CCN[C@@H]1O[C@H](CO)[C@H]2OC(C)(C)O[C@H]21. The van der Waals surface area contributed by atoms with Crippen molar-refractivity contribution in [3.05, 3.63) is 0 Å². The molecule has 0 aromatic rings. The van der Waals surface area contributed by atoms with Crippen molar-refractivity contribution in [1.29, 1.82) is 0 Å². The molecule has 2 saturated heterocycles. The van der Waals surface area contributed by atoms with Gasteiger partial charge < -0.3 is 24.1 Å². The standard InChI is InChI=1S/C12H21NO6/c1-12(2)18-9-7(6-14)17-11(10(9)19-12)13-5-4-8(15)16-3/h7,9-11,13-14H,4-6H2,1-3H3/t7-,9-,10-,11-/m1/s1. The Kier molecular flexibility index (Phi) is 4.42. The Hall–Kier alpha value is -0.730. The summed E-state index contributed by atoms with van der Waals surface area (Å²) in [6, 6.07) is 0. The van der Waals surface area contributed by atoms with Gasteiger partial charge in [0.2, 0.25) is 0 Å². The van der Waals surface area contributed by atoms with Gasteiger partial charge in [-0.15, -0.1) is 0 Å². The van der Waals surface area contributed by atoms with Crippen LogP contribution in [0.3, 0.4) is 0 Å². The highest BCUT2D eigenvalue weighted by Gasteiger charge is 2.54. The molecule has 19 heavy (non-hydrogen) atoms. The highest BCUT2D eigenvalue weighted by molar-refractivity contribution is 5.69. The zero-order valence-electron chi connectivity index (χ0n) is 11.4. The lowest BCUT2D eigenvalue weighted by Gasteiger charge is -2.23. The van der Waals surface area contributed by atoms with Crippen molar-refractivity contribution in [2.45, 2.75) is 50.6 Å². The number of aliphatic hydroxyl groups excluding tert-OH is 1. The van der Waals surface area contributed by atoms with Crippen LogP contribution in [0.1, 0.15) is 20.3 Å². The van der Waals surface area contributed by atoms with Gasteiger partial charge in [0.25, 0.3) is 0 Å². The highest BCUT2D eigenvalue weighted by atomic mass is 16.8. The van der Waals surface area contributed by atoms with Crippen molar-refractivity contribution in [3.63, 3.8) is 0 Å². The van der Waals surface area contributed by atoms with Gasteiger partial charge in [0.05, 0.1) is 20.1 Å². The summed E-state index contributed by atoms with van der Waals surface area (Å²) in [5, 5.41) is 12.4. The van der Waals surface area contributed by atoms with E-state index in [1.54, 1.807) is 0 Å². The minimum absolute atomic E-state index is 0.129. The number of esters is 1. The van der Waals surface area contributed by atoms with Crippen LogP contribution in [0.4, 0.5) is 0 Å². The first-order valence-electron chi connectivity index (χ1n) is 6.39. The average molecular weight is 275 g/mol. The average Bonchev–Trinajstić information content (AvgIpc) is 2.83. The van der Waals surface area contributed by atoms with Gasteiger partial charge >= 0.3 is 5.97 Å². The molecule has 0 aliphatic carbocycles. The molecule has 0 amide bonds. The zero-order valence-corrected chi connectivity index (χ0v) is 11.4. The van der Waals surface area contributed by atoms with E-state index in [1.807, 2.05) is 13.8 Å². The van der Waals surface area contributed by atoms with Crippen LogP contribution < -0.4 is 5.32 Å². The van der Waals surface area contributed by atoms with Crippen molar-refractivity contribution < 1.29 is 28.8 Å². The molecular formula is C12H21NO6. The molecule has 0 bridgehead atoms. The van der Waals surface area contributed by atoms with Crippen molar-refractivity contribution >= 4 is 5.97 Å². The highest BCUT2D eigenvalue weighted by Crippen LogP contribution is 2.37. The smallest absolute Gasteiger partial charge is 0.306 e. The van der Waals surface area contributed by atoms with E-state index >= 15 is 0 Å². The Morgan fingerprint density at radius 1 is 1.37 bits per heavy atom. The van der Waals surface area contributed by atoms with Gasteiger partial charge in [-0.2, -0.15) is 0 Å². The molecule has 0 unspecified atom stereocenters. The summed E-state index contributed by atoms with van der Waals surface area (Å²) in [5.74, 6) is -0.973. The summed E-state index contributed by atoms with van der Waals surface area (Å²) >= 11 is 0. The third-order valence-corrected chi connectivity index (χ3v) is 3.23. The maximum absolute atomic E-state index is 11.0. The predicted molar refractivity (Wildman–Crippen MR) is 64.2 cm³/mol. The van der Waals surface area contributed by atoms with Crippen molar-refractivity contribution in [3.8, 4) is 0 Å². The summed E-state index contributed by atoms with van der Waals surface area (Å²) in [6.07, 6.45) is -1.14. The van der Waals surface area contributed by atoms with E-state index in [0.717, 1.165) is 0 Å². The summed E-state index contributed by atoms with van der Waals surface area (Å²) in [5.41, 5.74) is 0. The number of nitrogens with one attached hydrogen (secondary N) is 1. The van der Waals surface area contributed by atoms with Crippen molar-refractivity contribution in [2.75, 3.05) is 20.3 Å². The van der Waals surface area contributed by atoms with E-state index in [4.69, 9.17) is 14.2 Å². The Labute approximate surface area is 112 Å². The Balaban J connectivity index is 1.89. The Bertz CT molecular complexity index is 334. The molecule has 4 atom stereocenters. The van der Waals surface area contributed by atoms with E-state index < -0.39 is 18.1 Å². The Morgan fingerprint density at radius 2 is 2.05 bits per heavy atom. The number of methoxy groups -OCH3 is 1. The van der Waals surface area contributed by atoms with Gasteiger partial charge in [-0.3, -0.25) is 10.1 Å². The number of carbonyl (C=O) groups excluding carboxylic acids is 1. The second-order valence-electron chi connectivity index (χ2n) is 5.12. The predicted octanol–water partition coefficient (Wildman–Crippen LogP) is -0.624. The van der Waals surface area contributed by atoms with E-state index in [2.05, 4.69) is 10.1 Å². The fraction of sp³-hybridized carbons (Fsp3) is 0.917. The molecule has 0 aromatic carbocycles. The van der Waals surface area contributed by atoms with Crippen LogP contribution in [-0.4, -0.2) is 61.7 Å². The topological polar surface area (TPSA) is 86.3 Å². The number of hydrogen-bond acceptors (Lipinski definition) is 7. The first-order chi connectivity index (χ1) is 8.96.